The number of benzene rings is 1. The minimum absolute atomic E-state index is 0. The first-order chi connectivity index (χ1) is 9.01. The number of rotatable bonds is 3. The SMILES string of the molecule is CCC1CCC(C)N(Cc2cc(Cl)cc(Cl)c2O)C1.Cl. The fourth-order valence-corrected chi connectivity index (χ4v) is 3.31. The molecule has 2 unspecified atom stereocenters. The van der Waals surface area contributed by atoms with Crippen LogP contribution in [-0.4, -0.2) is 22.6 Å². The summed E-state index contributed by atoms with van der Waals surface area (Å²) < 4.78 is 0. The largest absolute Gasteiger partial charge is 0.506 e. The van der Waals surface area contributed by atoms with Gasteiger partial charge in [0.15, 0.2) is 0 Å². The van der Waals surface area contributed by atoms with Crippen molar-refractivity contribution in [3.8, 4) is 5.75 Å². The molecule has 0 saturated carbocycles. The Hall–Kier alpha value is -0.150. The lowest BCUT2D eigenvalue weighted by Gasteiger charge is -2.38. The summed E-state index contributed by atoms with van der Waals surface area (Å²) in [6.45, 7) is 6.28. The Kier molecular flexibility index (Phi) is 6.93. The minimum Gasteiger partial charge on any atom is -0.506 e. The van der Waals surface area contributed by atoms with Gasteiger partial charge in [0.25, 0.3) is 0 Å². The number of hydrogen-bond acceptors (Lipinski definition) is 2. The number of hydrogen-bond donors (Lipinski definition) is 1. The van der Waals surface area contributed by atoms with Crippen LogP contribution in [0, 0.1) is 5.92 Å². The normalized spacial score (nSPS) is 23.4. The second-order valence-electron chi connectivity index (χ2n) is 5.53. The summed E-state index contributed by atoms with van der Waals surface area (Å²) in [5, 5.41) is 11.0. The van der Waals surface area contributed by atoms with Crippen LogP contribution in [0.4, 0.5) is 0 Å². The lowest BCUT2D eigenvalue weighted by molar-refractivity contribution is 0.107. The van der Waals surface area contributed by atoms with Crippen LogP contribution in [0.3, 0.4) is 0 Å². The van der Waals surface area contributed by atoms with Gasteiger partial charge in [-0.3, -0.25) is 4.90 Å². The van der Waals surface area contributed by atoms with Gasteiger partial charge in [-0.05, 0) is 37.8 Å². The van der Waals surface area contributed by atoms with Crippen molar-refractivity contribution in [1.82, 2.24) is 4.90 Å². The minimum atomic E-state index is 0. The predicted octanol–water partition coefficient (Wildman–Crippen LogP) is 5.13. The van der Waals surface area contributed by atoms with Crippen molar-refractivity contribution in [3.05, 3.63) is 27.7 Å². The summed E-state index contributed by atoms with van der Waals surface area (Å²) in [5.41, 5.74) is 0.820. The van der Waals surface area contributed by atoms with E-state index >= 15 is 0 Å². The van der Waals surface area contributed by atoms with Crippen LogP contribution in [0.5, 0.6) is 5.75 Å². The van der Waals surface area contributed by atoms with E-state index in [0.717, 1.165) is 18.0 Å². The molecule has 2 nitrogen and oxygen atoms in total. The summed E-state index contributed by atoms with van der Waals surface area (Å²) in [6.07, 6.45) is 3.73. The van der Waals surface area contributed by atoms with Crippen molar-refractivity contribution in [2.45, 2.75) is 45.7 Å². The van der Waals surface area contributed by atoms with Crippen LogP contribution in [0.15, 0.2) is 12.1 Å². The molecule has 20 heavy (non-hydrogen) atoms. The van der Waals surface area contributed by atoms with Crippen molar-refractivity contribution in [2.75, 3.05) is 6.54 Å². The van der Waals surface area contributed by atoms with E-state index in [9.17, 15) is 5.11 Å². The molecule has 1 heterocycles. The van der Waals surface area contributed by atoms with E-state index < -0.39 is 0 Å². The summed E-state index contributed by atoms with van der Waals surface area (Å²) in [4.78, 5) is 2.42. The maximum Gasteiger partial charge on any atom is 0.138 e. The second kappa shape index (κ2) is 7.74. The molecule has 1 aliphatic heterocycles. The standard InChI is InChI=1S/C15H21Cl2NO.ClH/c1-3-11-5-4-10(2)18(8-11)9-12-6-13(16)7-14(17)15(12)19;/h6-7,10-11,19H,3-5,8-9H2,1-2H3;1H. The molecule has 1 N–H and O–H groups in total. The number of piperidine rings is 1. The highest BCUT2D eigenvalue weighted by atomic mass is 35.5. The first kappa shape index (κ1) is 17.9. The number of phenolic OH excluding ortho intramolecular Hbond substituents is 1. The fourth-order valence-electron chi connectivity index (χ4n) is 2.77. The van der Waals surface area contributed by atoms with Crippen molar-refractivity contribution in [1.29, 1.82) is 0 Å². The van der Waals surface area contributed by atoms with Gasteiger partial charge in [-0.2, -0.15) is 0 Å². The maximum absolute atomic E-state index is 10.0. The second-order valence-corrected chi connectivity index (χ2v) is 6.37. The number of likely N-dealkylation sites (tertiary alicyclic amines) is 1. The monoisotopic (exact) mass is 337 g/mol. The molecule has 2 atom stereocenters. The van der Waals surface area contributed by atoms with Gasteiger partial charge in [-0.25, -0.2) is 0 Å². The Bertz CT molecular complexity index is 453. The molecule has 0 spiro atoms. The smallest absolute Gasteiger partial charge is 0.138 e. The van der Waals surface area contributed by atoms with Gasteiger partial charge in [-0.15, -0.1) is 12.4 Å². The Balaban J connectivity index is 0.00000200. The zero-order valence-electron chi connectivity index (χ0n) is 11.9. The van der Waals surface area contributed by atoms with Gasteiger partial charge in [-0.1, -0.05) is 36.5 Å². The first-order valence-corrected chi connectivity index (χ1v) is 7.67. The van der Waals surface area contributed by atoms with Gasteiger partial charge in [0.05, 0.1) is 5.02 Å². The Labute approximate surface area is 137 Å². The average Bonchev–Trinajstić information content (AvgIpc) is 2.38. The van der Waals surface area contributed by atoms with E-state index in [4.69, 9.17) is 23.2 Å². The van der Waals surface area contributed by atoms with E-state index in [1.165, 1.54) is 19.3 Å². The Morgan fingerprint density at radius 3 is 2.65 bits per heavy atom. The first-order valence-electron chi connectivity index (χ1n) is 6.92. The summed E-state index contributed by atoms with van der Waals surface area (Å²) in [7, 11) is 0. The zero-order chi connectivity index (χ0) is 14.0. The highest BCUT2D eigenvalue weighted by Gasteiger charge is 2.25. The lowest BCUT2D eigenvalue weighted by atomic mass is 9.91. The summed E-state index contributed by atoms with van der Waals surface area (Å²) in [5.74, 6) is 0.921. The van der Waals surface area contributed by atoms with Crippen LogP contribution in [0.25, 0.3) is 0 Å². The van der Waals surface area contributed by atoms with Crippen LogP contribution in [-0.2, 0) is 6.54 Å². The topological polar surface area (TPSA) is 23.5 Å². The predicted molar refractivity (Wildman–Crippen MR) is 88.3 cm³/mol. The molecule has 1 fully saturated rings. The molecule has 1 aliphatic rings. The molecule has 0 amide bonds. The molecule has 1 saturated heterocycles. The molecule has 5 heteroatoms. The van der Waals surface area contributed by atoms with Gasteiger partial charge < -0.3 is 5.11 Å². The van der Waals surface area contributed by atoms with E-state index in [1.54, 1.807) is 6.07 Å². The highest BCUT2D eigenvalue weighted by molar-refractivity contribution is 6.35. The lowest BCUT2D eigenvalue weighted by Crippen LogP contribution is -2.41. The fraction of sp³-hybridized carbons (Fsp3) is 0.600. The third-order valence-corrected chi connectivity index (χ3v) is 4.67. The molecule has 0 bridgehead atoms. The van der Waals surface area contributed by atoms with Crippen LogP contribution >= 0.6 is 35.6 Å². The van der Waals surface area contributed by atoms with Crippen molar-refractivity contribution in [3.63, 3.8) is 0 Å². The molecular weight excluding hydrogens is 317 g/mol. The van der Waals surface area contributed by atoms with E-state index in [0.29, 0.717) is 22.6 Å². The number of aromatic hydroxyl groups is 1. The van der Waals surface area contributed by atoms with Gasteiger partial charge >= 0.3 is 0 Å². The molecule has 0 aliphatic carbocycles. The molecule has 0 radical (unpaired) electrons. The average molecular weight is 339 g/mol. The van der Waals surface area contributed by atoms with E-state index in [1.807, 2.05) is 6.07 Å². The van der Waals surface area contributed by atoms with Crippen molar-refractivity contribution < 1.29 is 5.11 Å². The summed E-state index contributed by atoms with van der Waals surface area (Å²) >= 11 is 12.0. The maximum atomic E-state index is 10.0. The number of phenols is 1. The highest BCUT2D eigenvalue weighted by Crippen LogP contribution is 2.34. The molecular formula is C15H22Cl3NO. The molecule has 114 valence electrons. The van der Waals surface area contributed by atoms with Crippen LogP contribution in [0.1, 0.15) is 38.7 Å². The number of nitrogens with zero attached hydrogens (tertiary/aromatic N) is 1. The Morgan fingerprint density at radius 1 is 1.30 bits per heavy atom. The summed E-state index contributed by atoms with van der Waals surface area (Å²) in [6, 6.07) is 3.93. The van der Waals surface area contributed by atoms with Crippen molar-refractivity contribution >= 4 is 35.6 Å². The molecule has 2 rings (SSSR count). The molecule has 0 aromatic heterocycles. The molecule has 1 aromatic rings. The van der Waals surface area contributed by atoms with Crippen LogP contribution in [0.2, 0.25) is 10.0 Å². The van der Waals surface area contributed by atoms with E-state index in [2.05, 4.69) is 18.7 Å². The Morgan fingerprint density at radius 2 is 2.00 bits per heavy atom. The van der Waals surface area contributed by atoms with Crippen LogP contribution < -0.4 is 0 Å². The molecule has 1 aromatic carbocycles. The van der Waals surface area contributed by atoms with E-state index in [-0.39, 0.29) is 18.2 Å². The van der Waals surface area contributed by atoms with Gasteiger partial charge in [0.2, 0.25) is 0 Å². The third-order valence-electron chi connectivity index (χ3n) is 4.17. The quantitative estimate of drug-likeness (QED) is 0.825. The third kappa shape index (κ3) is 4.17. The zero-order valence-corrected chi connectivity index (χ0v) is 14.2. The van der Waals surface area contributed by atoms with Gasteiger partial charge in [0.1, 0.15) is 5.75 Å². The van der Waals surface area contributed by atoms with Crippen molar-refractivity contribution in [2.24, 2.45) is 5.92 Å². The number of halogens is 3. The van der Waals surface area contributed by atoms with Gasteiger partial charge in [0, 0.05) is 29.7 Å².